The van der Waals surface area contributed by atoms with Gasteiger partial charge in [0.15, 0.2) is 0 Å². The molecule has 0 saturated carbocycles. The number of anilines is 1. The van der Waals surface area contributed by atoms with E-state index in [-0.39, 0.29) is 5.56 Å². The van der Waals surface area contributed by atoms with Gasteiger partial charge in [0, 0.05) is 57.3 Å². The summed E-state index contributed by atoms with van der Waals surface area (Å²) in [7, 11) is 0. The highest BCUT2D eigenvalue weighted by molar-refractivity contribution is 5.55. The van der Waals surface area contributed by atoms with Gasteiger partial charge in [0.25, 0.3) is 0 Å². The van der Waals surface area contributed by atoms with Gasteiger partial charge in [-0.3, -0.25) is 4.90 Å². The molecule has 3 aliphatic rings. The van der Waals surface area contributed by atoms with Gasteiger partial charge in [-0.05, 0) is 55.6 Å². The van der Waals surface area contributed by atoms with E-state index in [2.05, 4.69) is 31.8 Å². The van der Waals surface area contributed by atoms with E-state index in [0.717, 1.165) is 68.4 Å². The number of likely N-dealkylation sites (tertiary alicyclic amines) is 1. The van der Waals surface area contributed by atoms with Crippen LogP contribution in [0.4, 0.5) is 18.9 Å². The highest BCUT2D eigenvalue weighted by Crippen LogP contribution is 2.36. The zero-order chi connectivity index (χ0) is 25.6. The molecule has 1 N–H and O–H groups in total. The lowest BCUT2D eigenvalue weighted by Gasteiger charge is -2.49. The van der Waals surface area contributed by atoms with Gasteiger partial charge in [0.1, 0.15) is 5.65 Å². The number of morpholine rings is 1. The third-order valence-corrected chi connectivity index (χ3v) is 8.38. The standard InChI is InChI=1S/C28H34F3N5O/c1-20-21(4-2-5-23(20)28(29,30)31)14-25-24(16-34-9-3-8-27(19-34)17-32-18-27)33-26-7-6-22(15-36(25)26)35-10-12-37-13-11-35/h2,4-7,15,32H,3,8-14,16-19H2,1H3. The predicted molar refractivity (Wildman–Crippen MR) is 137 cm³/mol. The molecule has 0 atom stereocenters. The average Bonchev–Trinajstić information content (AvgIpc) is 3.20. The van der Waals surface area contributed by atoms with Crippen molar-refractivity contribution in [3.05, 3.63) is 64.6 Å². The van der Waals surface area contributed by atoms with Crippen molar-refractivity contribution < 1.29 is 17.9 Å². The first-order chi connectivity index (χ1) is 17.8. The molecule has 6 nitrogen and oxygen atoms in total. The Bertz CT molecular complexity index is 1280. The van der Waals surface area contributed by atoms with Crippen LogP contribution in [0, 0.1) is 12.3 Å². The fourth-order valence-electron chi connectivity index (χ4n) is 6.24. The van der Waals surface area contributed by atoms with Crippen molar-refractivity contribution in [1.29, 1.82) is 0 Å². The fraction of sp³-hybridized carbons (Fsp3) is 0.536. The minimum atomic E-state index is -4.37. The Balaban J connectivity index is 1.38. The normalized spacial score (nSPS) is 20.5. The molecule has 0 bridgehead atoms. The highest BCUT2D eigenvalue weighted by Gasteiger charge is 2.40. The van der Waals surface area contributed by atoms with Crippen molar-refractivity contribution in [3.8, 4) is 0 Å². The van der Waals surface area contributed by atoms with Crippen LogP contribution < -0.4 is 10.2 Å². The molecule has 3 fully saturated rings. The Morgan fingerprint density at radius 2 is 1.89 bits per heavy atom. The third kappa shape index (κ3) is 4.84. The summed E-state index contributed by atoms with van der Waals surface area (Å²) in [4.78, 5) is 9.80. The van der Waals surface area contributed by atoms with Crippen LogP contribution >= 0.6 is 0 Å². The van der Waals surface area contributed by atoms with Gasteiger partial charge >= 0.3 is 6.18 Å². The van der Waals surface area contributed by atoms with Crippen LogP contribution in [-0.4, -0.2) is 66.8 Å². The van der Waals surface area contributed by atoms with Gasteiger partial charge in [-0.2, -0.15) is 13.2 Å². The summed E-state index contributed by atoms with van der Waals surface area (Å²) in [6, 6.07) is 8.63. The largest absolute Gasteiger partial charge is 0.416 e. The van der Waals surface area contributed by atoms with Gasteiger partial charge in [-0.25, -0.2) is 4.98 Å². The number of nitrogens with zero attached hydrogens (tertiary/aromatic N) is 4. The van der Waals surface area contributed by atoms with Crippen LogP contribution in [-0.2, 0) is 23.9 Å². The summed E-state index contributed by atoms with van der Waals surface area (Å²) in [6.07, 6.45) is 0.548. The molecule has 5 heterocycles. The van der Waals surface area contributed by atoms with Gasteiger partial charge < -0.3 is 19.4 Å². The Morgan fingerprint density at radius 3 is 2.62 bits per heavy atom. The minimum Gasteiger partial charge on any atom is -0.378 e. The number of rotatable bonds is 5. The molecule has 0 radical (unpaired) electrons. The summed E-state index contributed by atoms with van der Waals surface area (Å²) < 4.78 is 48.6. The smallest absolute Gasteiger partial charge is 0.378 e. The van der Waals surface area contributed by atoms with Crippen LogP contribution in [0.2, 0.25) is 0 Å². The molecule has 1 aromatic carbocycles. The van der Waals surface area contributed by atoms with Crippen molar-refractivity contribution in [2.75, 3.05) is 57.4 Å². The maximum absolute atomic E-state index is 13.7. The number of benzene rings is 1. The van der Waals surface area contributed by atoms with E-state index in [1.54, 1.807) is 6.92 Å². The molecule has 37 heavy (non-hydrogen) atoms. The number of aromatic nitrogens is 2. The molecule has 2 aromatic heterocycles. The number of alkyl halides is 3. The first kappa shape index (κ1) is 24.7. The van der Waals surface area contributed by atoms with E-state index in [4.69, 9.17) is 9.72 Å². The van der Waals surface area contributed by atoms with Crippen molar-refractivity contribution >= 4 is 11.3 Å². The van der Waals surface area contributed by atoms with Gasteiger partial charge in [0.05, 0.1) is 35.9 Å². The van der Waals surface area contributed by atoms with Crippen molar-refractivity contribution in [3.63, 3.8) is 0 Å². The van der Waals surface area contributed by atoms with E-state index in [1.165, 1.54) is 18.6 Å². The zero-order valence-corrected chi connectivity index (χ0v) is 21.3. The first-order valence-corrected chi connectivity index (χ1v) is 13.2. The summed E-state index contributed by atoms with van der Waals surface area (Å²) in [5.74, 6) is 0. The lowest BCUT2D eigenvalue weighted by atomic mass is 9.75. The molecule has 3 aromatic rings. The number of fused-ring (bicyclic) bond motifs is 1. The van der Waals surface area contributed by atoms with Gasteiger partial charge in [0.2, 0.25) is 0 Å². The monoisotopic (exact) mass is 513 g/mol. The Kier molecular flexibility index (Phi) is 6.41. The second kappa shape index (κ2) is 9.60. The second-order valence-electron chi connectivity index (χ2n) is 10.9. The summed E-state index contributed by atoms with van der Waals surface area (Å²) in [5.41, 5.74) is 4.62. The van der Waals surface area contributed by atoms with Crippen LogP contribution in [0.3, 0.4) is 0 Å². The van der Waals surface area contributed by atoms with Crippen LogP contribution in [0.1, 0.15) is 40.9 Å². The van der Waals surface area contributed by atoms with E-state index in [9.17, 15) is 13.2 Å². The van der Waals surface area contributed by atoms with E-state index < -0.39 is 11.7 Å². The molecule has 0 unspecified atom stereocenters. The number of pyridine rings is 1. The number of hydrogen-bond acceptors (Lipinski definition) is 5. The van der Waals surface area contributed by atoms with Crippen LogP contribution in [0.15, 0.2) is 36.5 Å². The molecule has 0 amide bonds. The molecule has 0 aliphatic carbocycles. The number of ether oxygens (including phenoxy) is 1. The van der Waals surface area contributed by atoms with Crippen molar-refractivity contribution in [2.45, 2.75) is 38.9 Å². The topological polar surface area (TPSA) is 45.0 Å². The first-order valence-electron chi connectivity index (χ1n) is 13.2. The molecule has 1 spiro atoms. The molecular formula is C28H34F3N5O. The Morgan fingerprint density at radius 1 is 1.08 bits per heavy atom. The number of nitrogens with one attached hydrogen (secondary N) is 1. The second-order valence-corrected chi connectivity index (χ2v) is 10.9. The number of halogens is 3. The number of imidazole rings is 1. The van der Waals surface area contributed by atoms with Gasteiger partial charge in [-0.15, -0.1) is 0 Å². The van der Waals surface area contributed by atoms with Crippen molar-refractivity contribution in [1.82, 2.24) is 19.6 Å². The molecular weight excluding hydrogens is 479 g/mol. The molecule has 3 saturated heterocycles. The summed E-state index contributed by atoms with van der Waals surface area (Å²) in [6.45, 7) is 9.50. The Labute approximate surface area is 215 Å². The molecule has 6 rings (SSSR count). The fourth-order valence-corrected chi connectivity index (χ4v) is 6.24. The lowest BCUT2D eigenvalue weighted by molar-refractivity contribution is -0.138. The Hall–Kier alpha value is -2.62. The predicted octanol–water partition coefficient (Wildman–Crippen LogP) is 4.27. The van der Waals surface area contributed by atoms with Crippen LogP contribution in [0.25, 0.3) is 5.65 Å². The summed E-state index contributed by atoms with van der Waals surface area (Å²) in [5, 5.41) is 3.43. The quantitative estimate of drug-likeness (QED) is 0.552. The average molecular weight is 514 g/mol. The van der Waals surface area contributed by atoms with Crippen LogP contribution in [0.5, 0.6) is 0 Å². The minimum absolute atomic E-state index is 0.290. The number of piperidine rings is 1. The maximum atomic E-state index is 13.7. The lowest BCUT2D eigenvalue weighted by Crippen LogP contribution is -2.60. The molecule has 9 heteroatoms. The molecule has 198 valence electrons. The van der Waals surface area contributed by atoms with Crippen molar-refractivity contribution in [2.24, 2.45) is 5.41 Å². The summed E-state index contributed by atoms with van der Waals surface area (Å²) >= 11 is 0. The maximum Gasteiger partial charge on any atom is 0.416 e. The molecule has 3 aliphatic heterocycles. The van der Waals surface area contributed by atoms with E-state index >= 15 is 0 Å². The highest BCUT2D eigenvalue weighted by atomic mass is 19.4. The third-order valence-electron chi connectivity index (χ3n) is 8.38. The SMILES string of the molecule is Cc1c(Cc2c(CN3CCCC4(CNC4)C3)nc3ccc(N4CCOCC4)cn23)cccc1C(F)(F)F. The van der Waals surface area contributed by atoms with E-state index in [1.807, 2.05) is 12.1 Å². The zero-order valence-electron chi connectivity index (χ0n) is 21.3. The number of hydrogen-bond donors (Lipinski definition) is 1. The van der Waals surface area contributed by atoms with Gasteiger partial charge in [-0.1, -0.05) is 12.1 Å². The van der Waals surface area contributed by atoms with E-state index in [0.29, 0.717) is 37.2 Å².